The molecule has 0 fully saturated rings. The minimum Gasteiger partial charge on any atom is -0.493 e. The fraction of sp³-hybridized carbons (Fsp3) is 0.111. The summed E-state index contributed by atoms with van der Waals surface area (Å²) < 4.78 is 6.00. The van der Waals surface area contributed by atoms with Crippen molar-refractivity contribution in [3.63, 3.8) is 0 Å². The molecule has 2 aromatic rings. The zero-order valence-corrected chi connectivity index (χ0v) is 9.34. The lowest BCUT2D eigenvalue weighted by Crippen LogP contribution is -2.19. The van der Waals surface area contributed by atoms with Crippen LogP contribution in [0.3, 0.4) is 0 Å². The summed E-state index contributed by atoms with van der Waals surface area (Å²) in [7, 11) is 1.40. The quantitative estimate of drug-likeness (QED) is 0.458. The fourth-order valence-corrected chi connectivity index (χ4v) is 1.64. The van der Waals surface area contributed by atoms with E-state index in [-0.39, 0.29) is 5.65 Å². The molecule has 0 aliphatic carbocycles. The lowest BCUT2D eigenvalue weighted by molar-refractivity contribution is -0.386. The highest BCUT2D eigenvalue weighted by Crippen LogP contribution is 2.22. The summed E-state index contributed by atoms with van der Waals surface area (Å²) in [5.74, 6) is 0.307. The summed E-state index contributed by atoms with van der Waals surface area (Å²) in [5, 5.41) is 10.2. The Balaban J connectivity index is 2.96. The zero-order valence-electron chi connectivity index (χ0n) is 8.58. The number of nitrogens with zero attached hydrogens (tertiary/aromatic N) is 3. The topological polar surface area (TPSA) is 86.7 Å². The second-order valence-electron chi connectivity index (χ2n) is 3.08. The Labute approximate surface area is 99.4 Å². The number of rotatable bonds is 2. The van der Waals surface area contributed by atoms with Gasteiger partial charge < -0.3 is 4.74 Å². The molecule has 0 N–H and O–H groups in total. The molecule has 7 nitrogen and oxygen atoms in total. The van der Waals surface area contributed by atoms with Gasteiger partial charge in [0.05, 0.1) is 12.0 Å². The van der Waals surface area contributed by atoms with Gasteiger partial charge in [0.15, 0.2) is 11.4 Å². The van der Waals surface area contributed by atoms with E-state index < -0.39 is 21.3 Å². The van der Waals surface area contributed by atoms with Gasteiger partial charge in [0, 0.05) is 6.20 Å². The number of nitro groups is 1. The van der Waals surface area contributed by atoms with E-state index in [1.807, 2.05) is 0 Å². The molecule has 0 aliphatic rings. The van der Waals surface area contributed by atoms with Crippen molar-refractivity contribution in [3.8, 4) is 5.75 Å². The summed E-state index contributed by atoms with van der Waals surface area (Å²) in [6.45, 7) is 0. The molecule has 17 heavy (non-hydrogen) atoms. The molecule has 0 saturated carbocycles. The highest BCUT2D eigenvalue weighted by Gasteiger charge is 2.22. The Bertz CT molecular complexity index is 667. The standard InChI is InChI=1S/C9H6ClN3O4/c1-17-5-3-2-4-12-8(5)11-7(10)6(9(12)14)13(15)16/h2-4H,1H3. The van der Waals surface area contributed by atoms with E-state index >= 15 is 0 Å². The summed E-state index contributed by atoms with van der Waals surface area (Å²) in [5.41, 5.74) is -1.46. The third-order valence-electron chi connectivity index (χ3n) is 2.15. The zero-order chi connectivity index (χ0) is 12.6. The van der Waals surface area contributed by atoms with Gasteiger partial charge in [-0.2, -0.15) is 0 Å². The van der Waals surface area contributed by atoms with Crippen molar-refractivity contribution in [2.24, 2.45) is 0 Å². The molecule has 0 amide bonds. The Morgan fingerprint density at radius 1 is 1.59 bits per heavy atom. The Kier molecular flexibility index (Phi) is 2.68. The van der Waals surface area contributed by atoms with Crippen LogP contribution in [0.1, 0.15) is 0 Å². The maximum absolute atomic E-state index is 11.8. The minimum atomic E-state index is -0.858. The molecule has 0 aromatic carbocycles. The smallest absolute Gasteiger partial charge is 0.371 e. The lowest BCUT2D eigenvalue weighted by atomic mass is 10.4. The van der Waals surface area contributed by atoms with Crippen molar-refractivity contribution in [1.82, 2.24) is 9.38 Å². The maximum atomic E-state index is 11.8. The van der Waals surface area contributed by atoms with Crippen LogP contribution in [0.4, 0.5) is 5.69 Å². The Morgan fingerprint density at radius 3 is 2.88 bits per heavy atom. The van der Waals surface area contributed by atoms with Gasteiger partial charge in [-0.1, -0.05) is 11.6 Å². The molecule has 8 heteroatoms. The first-order valence-electron chi connectivity index (χ1n) is 4.45. The second-order valence-corrected chi connectivity index (χ2v) is 3.44. The normalized spacial score (nSPS) is 10.5. The maximum Gasteiger partial charge on any atom is 0.371 e. The number of aromatic nitrogens is 2. The van der Waals surface area contributed by atoms with Gasteiger partial charge in [0.1, 0.15) is 0 Å². The van der Waals surface area contributed by atoms with E-state index in [1.54, 1.807) is 6.07 Å². The van der Waals surface area contributed by atoms with Crippen molar-refractivity contribution in [2.75, 3.05) is 7.11 Å². The molecular formula is C9H6ClN3O4. The van der Waals surface area contributed by atoms with Gasteiger partial charge in [-0.05, 0) is 12.1 Å². The van der Waals surface area contributed by atoms with Crippen molar-refractivity contribution in [1.29, 1.82) is 0 Å². The number of pyridine rings is 1. The summed E-state index contributed by atoms with van der Waals surface area (Å²) >= 11 is 5.61. The van der Waals surface area contributed by atoms with Crippen LogP contribution in [0.2, 0.25) is 5.15 Å². The largest absolute Gasteiger partial charge is 0.493 e. The molecule has 0 atom stereocenters. The molecule has 0 radical (unpaired) electrons. The highest BCUT2D eigenvalue weighted by atomic mass is 35.5. The van der Waals surface area contributed by atoms with Gasteiger partial charge in [-0.25, -0.2) is 4.98 Å². The average molecular weight is 256 g/mol. The number of halogens is 1. The SMILES string of the molecule is COc1cccn2c(=O)c([N+](=O)[O-])c(Cl)nc12. The van der Waals surface area contributed by atoms with E-state index in [1.165, 1.54) is 19.4 Å². The number of hydrogen-bond acceptors (Lipinski definition) is 5. The summed E-state index contributed by atoms with van der Waals surface area (Å²) in [4.78, 5) is 25.4. The first-order valence-corrected chi connectivity index (χ1v) is 4.83. The Morgan fingerprint density at radius 2 is 2.29 bits per heavy atom. The van der Waals surface area contributed by atoms with Crippen LogP contribution in [0.15, 0.2) is 23.1 Å². The molecule has 0 saturated heterocycles. The van der Waals surface area contributed by atoms with E-state index in [2.05, 4.69) is 4.98 Å². The van der Waals surface area contributed by atoms with Gasteiger partial charge in [-0.15, -0.1) is 0 Å². The summed E-state index contributed by atoms with van der Waals surface area (Å²) in [6.07, 6.45) is 1.36. The second kappa shape index (κ2) is 4.02. The Hall–Kier alpha value is -2.15. The van der Waals surface area contributed by atoms with Crippen LogP contribution in [-0.2, 0) is 0 Å². The van der Waals surface area contributed by atoms with Crippen LogP contribution >= 0.6 is 11.6 Å². The third-order valence-corrected chi connectivity index (χ3v) is 2.42. The predicted molar refractivity (Wildman–Crippen MR) is 59.7 cm³/mol. The van der Waals surface area contributed by atoms with E-state index in [9.17, 15) is 14.9 Å². The van der Waals surface area contributed by atoms with E-state index in [0.717, 1.165) is 4.40 Å². The van der Waals surface area contributed by atoms with E-state index in [4.69, 9.17) is 16.3 Å². The van der Waals surface area contributed by atoms with Crippen molar-refractivity contribution in [2.45, 2.75) is 0 Å². The van der Waals surface area contributed by atoms with Crippen LogP contribution < -0.4 is 10.3 Å². The number of fused-ring (bicyclic) bond motifs is 1. The number of ether oxygens (including phenoxy) is 1. The lowest BCUT2D eigenvalue weighted by Gasteiger charge is -2.05. The molecule has 88 valence electrons. The van der Waals surface area contributed by atoms with Gasteiger partial charge in [0.25, 0.3) is 0 Å². The molecule has 2 rings (SSSR count). The van der Waals surface area contributed by atoms with Crippen LogP contribution in [0.25, 0.3) is 5.65 Å². The van der Waals surface area contributed by atoms with Gasteiger partial charge in [0.2, 0.25) is 5.15 Å². The fourth-order valence-electron chi connectivity index (χ4n) is 1.41. The van der Waals surface area contributed by atoms with Crippen LogP contribution in [0.5, 0.6) is 5.75 Å². The molecule has 0 bridgehead atoms. The number of hydrogen-bond donors (Lipinski definition) is 0. The van der Waals surface area contributed by atoms with Crippen molar-refractivity contribution < 1.29 is 9.66 Å². The first-order chi connectivity index (χ1) is 8.06. The van der Waals surface area contributed by atoms with Gasteiger partial charge in [-0.3, -0.25) is 19.3 Å². The highest BCUT2D eigenvalue weighted by molar-refractivity contribution is 6.31. The molecular weight excluding hydrogens is 250 g/mol. The molecule has 0 spiro atoms. The van der Waals surface area contributed by atoms with Crippen LogP contribution in [0, 0.1) is 10.1 Å². The molecule has 0 unspecified atom stereocenters. The summed E-state index contributed by atoms with van der Waals surface area (Å²) in [6, 6.07) is 3.09. The third kappa shape index (κ3) is 1.70. The number of methoxy groups -OCH3 is 1. The molecule has 2 aromatic heterocycles. The van der Waals surface area contributed by atoms with E-state index in [0.29, 0.717) is 5.75 Å². The van der Waals surface area contributed by atoms with Crippen molar-refractivity contribution >= 4 is 22.9 Å². The molecule has 0 aliphatic heterocycles. The average Bonchev–Trinajstić information content (AvgIpc) is 2.28. The monoisotopic (exact) mass is 255 g/mol. The minimum absolute atomic E-state index is 0.135. The van der Waals surface area contributed by atoms with Crippen molar-refractivity contribution in [3.05, 3.63) is 44.0 Å². The molecule has 2 heterocycles. The van der Waals surface area contributed by atoms with Crippen LogP contribution in [-0.4, -0.2) is 21.4 Å². The predicted octanol–water partition coefficient (Wildman–Crippen LogP) is 1.26. The van der Waals surface area contributed by atoms with Gasteiger partial charge >= 0.3 is 11.2 Å². The first kappa shape index (κ1) is 11.3.